The molecule has 1 unspecified atom stereocenters. The average molecular weight is 333 g/mol. The SMILES string of the molecule is Cc1cccc(N(C(=O)C2CCCCC2)C2C=CS(=O)(=O)C2)c1. The molecule has 1 atom stereocenters. The molecule has 1 amide bonds. The van der Waals surface area contributed by atoms with E-state index in [0.29, 0.717) is 0 Å². The first-order valence-electron chi connectivity index (χ1n) is 8.27. The molecule has 1 aromatic rings. The number of hydrogen-bond acceptors (Lipinski definition) is 3. The lowest BCUT2D eigenvalue weighted by molar-refractivity contribution is -0.123. The molecule has 1 saturated carbocycles. The van der Waals surface area contributed by atoms with Gasteiger partial charge < -0.3 is 4.90 Å². The summed E-state index contributed by atoms with van der Waals surface area (Å²) >= 11 is 0. The second-order valence-corrected chi connectivity index (χ2v) is 8.54. The van der Waals surface area contributed by atoms with Crippen molar-refractivity contribution in [3.63, 3.8) is 0 Å². The van der Waals surface area contributed by atoms with Gasteiger partial charge in [0.2, 0.25) is 5.91 Å². The van der Waals surface area contributed by atoms with Crippen molar-refractivity contribution in [3.8, 4) is 0 Å². The number of benzene rings is 1. The monoisotopic (exact) mass is 333 g/mol. The van der Waals surface area contributed by atoms with Crippen LogP contribution in [0.25, 0.3) is 0 Å². The van der Waals surface area contributed by atoms with Crippen LogP contribution in [0.2, 0.25) is 0 Å². The molecule has 2 aliphatic rings. The smallest absolute Gasteiger partial charge is 0.230 e. The van der Waals surface area contributed by atoms with E-state index in [1.165, 1.54) is 11.8 Å². The quantitative estimate of drug-likeness (QED) is 0.853. The maximum Gasteiger partial charge on any atom is 0.230 e. The van der Waals surface area contributed by atoms with Crippen LogP contribution >= 0.6 is 0 Å². The van der Waals surface area contributed by atoms with Crippen molar-refractivity contribution in [1.29, 1.82) is 0 Å². The van der Waals surface area contributed by atoms with Gasteiger partial charge in [-0.2, -0.15) is 0 Å². The Morgan fingerprint density at radius 3 is 2.52 bits per heavy atom. The normalized spacial score (nSPS) is 23.8. The molecule has 0 N–H and O–H groups in total. The summed E-state index contributed by atoms with van der Waals surface area (Å²) < 4.78 is 23.6. The van der Waals surface area contributed by atoms with E-state index in [1.807, 2.05) is 31.2 Å². The molecule has 3 rings (SSSR count). The number of anilines is 1. The molecule has 0 aromatic heterocycles. The predicted octanol–water partition coefficient (Wildman–Crippen LogP) is 3.22. The molecule has 0 spiro atoms. The van der Waals surface area contributed by atoms with Gasteiger partial charge in [-0.3, -0.25) is 4.79 Å². The summed E-state index contributed by atoms with van der Waals surface area (Å²) in [6.07, 6.45) is 6.81. The summed E-state index contributed by atoms with van der Waals surface area (Å²) in [7, 11) is -3.20. The van der Waals surface area contributed by atoms with Crippen molar-refractivity contribution >= 4 is 21.4 Å². The summed E-state index contributed by atoms with van der Waals surface area (Å²) in [6.45, 7) is 1.98. The molecule has 1 fully saturated rings. The van der Waals surface area contributed by atoms with Gasteiger partial charge in [-0.15, -0.1) is 0 Å². The molecule has 0 bridgehead atoms. The lowest BCUT2D eigenvalue weighted by Crippen LogP contribution is -2.45. The maximum absolute atomic E-state index is 13.1. The van der Waals surface area contributed by atoms with Crippen LogP contribution in [0.1, 0.15) is 37.7 Å². The Bertz CT molecular complexity index is 718. The fourth-order valence-electron chi connectivity index (χ4n) is 3.53. The van der Waals surface area contributed by atoms with Gasteiger partial charge in [0.25, 0.3) is 0 Å². The van der Waals surface area contributed by atoms with Gasteiger partial charge in [0.05, 0.1) is 11.8 Å². The number of carbonyl (C=O) groups excluding carboxylic acids is 1. The van der Waals surface area contributed by atoms with Crippen LogP contribution in [0.15, 0.2) is 35.7 Å². The van der Waals surface area contributed by atoms with Crippen molar-refractivity contribution in [3.05, 3.63) is 41.3 Å². The minimum Gasteiger partial charge on any atom is -0.304 e. The van der Waals surface area contributed by atoms with Gasteiger partial charge in [-0.1, -0.05) is 31.4 Å². The lowest BCUT2D eigenvalue weighted by Gasteiger charge is -2.33. The molecule has 0 radical (unpaired) electrons. The van der Waals surface area contributed by atoms with Gasteiger partial charge in [0, 0.05) is 17.0 Å². The maximum atomic E-state index is 13.1. The van der Waals surface area contributed by atoms with Gasteiger partial charge in [-0.05, 0) is 43.5 Å². The molecule has 1 aliphatic heterocycles. The standard InChI is InChI=1S/C18H23NO3S/c1-14-6-5-9-16(12-14)19(17-10-11-23(21,22)13-17)18(20)15-7-3-2-4-8-15/h5-6,9-12,15,17H,2-4,7-8,13H2,1H3. The van der Waals surface area contributed by atoms with Gasteiger partial charge in [0.15, 0.2) is 9.84 Å². The molecule has 23 heavy (non-hydrogen) atoms. The highest BCUT2D eigenvalue weighted by Crippen LogP contribution is 2.31. The Morgan fingerprint density at radius 1 is 1.17 bits per heavy atom. The van der Waals surface area contributed by atoms with Crippen LogP contribution in [0.5, 0.6) is 0 Å². The Morgan fingerprint density at radius 2 is 1.91 bits per heavy atom. The number of aryl methyl sites for hydroxylation is 1. The van der Waals surface area contributed by atoms with E-state index in [-0.39, 0.29) is 17.6 Å². The number of hydrogen-bond donors (Lipinski definition) is 0. The molecule has 1 aromatic carbocycles. The molecular weight excluding hydrogens is 310 g/mol. The average Bonchev–Trinajstić information content (AvgIpc) is 2.88. The third-order valence-electron chi connectivity index (χ3n) is 4.71. The molecule has 1 heterocycles. The highest BCUT2D eigenvalue weighted by atomic mass is 32.2. The third kappa shape index (κ3) is 3.66. The molecule has 0 saturated heterocycles. The van der Waals surface area contributed by atoms with E-state index < -0.39 is 15.9 Å². The second kappa shape index (κ2) is 6.48. The van der Waals surface area contributed by atoms with Crippen molar-refractivity contribution in [2.45, 2.75) is 45.1 Å². The zero-order chi connectivity index (χ0) is 16.4. The zero-order valence-corrected chi connectivity index (χ0v) is 14.3. The highest BCUT2D eigenvalue weighted by molar-refractivity contribution is 7.94. The van der Waals surface area contributed by atoms with E-state index in [1.54, 1.807) is 11.0 Å². The number of sulfone groups is 1. The Kier molecular flexibility index (Phi) is 4.57. The van der Waals surface area contributed by atoms with Gasteiger partial charge >= 0.3 is 0 Å². The van der Waals surface area contributed by atoms with E-state index in [2.05, 4.69) is 0 Å². The Labute approximate surface area is 138 Å². The minimum absolute atomic E-state index is 0.0145. The fraction of sp³-hybridized carbons (Fsp3) is 0.500. The first-order chi connectivity index (χ1) is 11.0. The molecule has 4 nitrogen and oxygen atoms in total. The second-order valence-electron chi connectivity index (χ2n) is 6.61. The first kappa shape index (κ1) is 16.2. The van der Waals surface area contributed by atoms with Gasteiger partial charge in [-0.25, -0.2) is 8.42 Å². The summed E-state index contributed by atoms with van der Waals surface area (Å²) in [5.74, 6) is 0.0716. The summed E-state index contributed by atoms with van der Waals surface area (Å²) in [4.78, 5) is 14.8. The zero-order valence-electron chi connectivity index (χ0n) is 13.4. The van der Waals surface area contributed by atoms with Crippen LogP contribution in [-0.4, -0.2) is 26.1 Å². The van der Waals surface area contributed by atoms with E-state index in [0.717, 1.165) is 36.9 Å². The molecule has 124 valence electrons. The number of rotatable bonds is 3. The van der Waals surface area contributed by atoms with E-state index in [4.69, 9.17) is 0 Å². The highest BCUT2D eigenvalue weighted by Gasteiger charge is 2.35. The molecular formula is C18H23NO3S. The largest absolute Gasteiger partial charge is 0.304 e. The third-order valence-corrected chi connectivity index (χ3v) is 6.09. The van der Waals surface area contributed by atoms with Crippen molar-refractivity contribution in [2.24, 2.45) is 5.92 Å². The van der Waals surface area contributed by atoms with E-state index >= 15 is 0 Å². The van der Waals surface area contributed by atoms with Crippen molar-refractivity contribution in [1.82, 2.24) is 0 Å². The van der Waals surface area contributed by atoms with Crippen molar-refractivity contribution < 1.29 is 13.2 Å². The first-order valence-corrected chi connectivity index (χ1v) is 9.98. The summed E-state index contributed by atoms with van der Waals surface area (Å²) in [6, 6.07) is 7.36. The van der Waals surface area contributed by atoms with Crippen LogP contribution in [0, 0.1) is 12.8 Å². The summed E-state index contributed by atoms with van der Waals surface area (Å²) in [5, 5.41) is 1.24. The van der Waals surface area contributed by atoms with Crippen molar-refractivity contribution in [2.75, 3.05) is 10.7 Å². The minimum atomic E-state index is -3.20. The predicted molar refractivity (Wildman–Crippen MR) is 92.0 cm³/mol. The lowest BCUT2D eigenvalue weighted by atomic mass is 9.87. The topological polar surface area (TPSA) is 54.5 Å². The Hall–Kier alpha value is -1.62. The molecule has 5 heteroatoms. The van der Waals surface area contributed by atoms with Crippen LogP contribution in [-0.2, 0) is 14.6 Å². The number of carbonyl (C=O) groups is 1. The Balaban J connectivity index is 1.93. The van der Waals surface area contributed by atoms with Gasteiger partial charge in [0.1, 0.15) is 0 Å². The van der Waals surface area contributed by atoms with Crippen LogP contribution < -0.4 is 4.90 Å². The van der Waals surface area contributed by atoms with E-state index in [9.17, 15) is 13.2 Å². The fourth-order valence-corrected chi connectivity index (χ4v) is 4.79. The van der Waals surface area contributed by atoms with Crippen LogP contribution in [0.4, 0.5) is 5.69 Å². The number of amides is 1. The molecule has 1 aliphatic carbocycles. The summed E-state index contributed by atoms with van der Waals surface area (Å²) in [5.41, 5.74) is 1.86. The number of nitrogens with zero attached hydrogens (tertiary/aromatic N) is 1. The van der Waals surface area contributed by atoms with Crippen LogP contribution in [0.3, 0.4) is 0 Å².